The van der Waals surface area contributed by atoms with Crippen LogP contribution in [0, 0.1) is 0 Å². The van der Waals surface area contributed by atoms with Gasteiger partial charge in [-0.1, -0.05) is 6.42 Å². The number of likely N-dealkylation sites (tertiary alicyclic amines) is 1. The Morgan fingerprint density at radius 2 is 1.65 bits per heavy atom. The molecular formula is C17H23F3N2O. The Hall–Kier alpha value is -1.56. The normalized spacial score (nSPS) is 17.1. The Kier molecular flexibility index (Phi) is 5.34. The van der Waals surface area contributed by atoms with Gasteiger partial charge < -0.3 is 5.32 Å². The van der Waals surface area contributed by atoms with Gasteiger partial charge in [0.2, 0.25) is 0 Å². The molecule has 6 heteroatoms. The number of benzene rings is 1. The summed E-state index contributed by atoms with van der Waals surface area (Å²) in [5.41, 5.74) is -0.669. The predicted molar refractivity (Wildman–Crippen MR) is 83.3 cm³/mol. The van der Waals surface area contributed by atoms with E-state index in [1.54, 1.807) is 0 Å². The van der Waals surface area contributed by atoms with E-state index in [9.17, 15) is 18.0 Å². The number of carbonyl (C=O) groups excluding carboxylic acids is 1. The van der Waals surface area contributed by atoms with Crippen molar-refractivity contribution in [3.63, 3.8) is 0 Å². The second-order valence-electron chi connectivity index (χ2n) is 6.62. The van der Waals surface area contributed by atoms with Crippen LogP contribution in [0.2, 0.25) is 0 Å². The Morgan fingerprint density at radius 1 is 1.09 bits per heavy atom. The molecule has 0 bridgehead atoms. The number of alkyl halides is 3. The third-order valence-corrected chi connectivity index (χ3v) is 4.37. The summed E-state index contributed by atoms with van der Waals surface area (Å²) in [5, 5.41) is 2.83. The maximum absolute atomic E-state index is 12.5. The second-order valence-corrected chi connectivity index (χ2v) is 6.62. The van der Waals surface area contributed by atoms with Gasteiger partial charge in [-0.2, -0.15) is 13.2 Å². The molecule has 1 aliphatic heterocycles. The summed E-state index contributed by atoms with van der Waals surface area (Å²) in [4.78, 5) is 14.5. The van der Waals surface area contributed by atoms with Crippen molar-refractivity contribution >= 4 is 5.91 Å². The second kappa shape index (κ2) is 6.91. The molecule has 0 aliphatic carbocycles. The first-order chi connectivity index (χ1) is 10.7. The molecule has 0 saturated carbocycles. The number of nitrogens with one attached hydrogen (secondary N) is 1. The average molecular weight is 328 g/mol. The fraction of sp³-hybridized carbons (Fsp3) is 0.588. The number of carbonyl (C=O) groups is 1. The summed E-state index contributed by atoms with van der Waals surface area (Å²) in [6, 6.07) is 4.30. The van der Waals surface area contributed by atoms with E-state index < -0.39 is 11.7 Å². The van der Waals surface area contributed by atoms with E-state index in [2.05, 4.69) is 24.1 Å². The van der Waals surface area contributed by atoms with E-state index >= 15 is 0 Å². The minimum absolute atomic E-state index is 0.165. The Morgan fingerprint density at radius 3 is 2.17 bits per heavy atom. The first kappa shape index (κ1) is 17.8. The molecule has 23 heavy (non-hydrogen) atoms. The van der Waals surface area contributed by atoms with Crippen LogP contribution >= 0.6 is 0 Å². The zero-order valence-electron chi connectivity index (χ0n) is 13.5. The number of hydrogen-bond donors (Lipinski definition) is 1. The number of halogens is 3. The Labute approximate surface area is 134 Å². The highest BCUT2D eigenvalue weighted by molar-refractivity contribution is 5.94. The summed E-state index contributed by atoms with van der Waals surface area (Å²) in [5.74, 6) is -0.344. The van der Waals surface area contributed by atoms with Crippen LogP contribution in [0.3, 0.4) is 0 Å². The van der Waals surface area contributed by atoms with Gasteiger partial charge in [0.05, 0.1) is 5.56 Å². The summed E-state index contributed by atoms with van der Waals surface area (Å²) in [7, 11) is 0. The lowest BCUT2D eigenvalue weighted by Crippen LogP contribution is -2.53. The largest absolute Gasteiger partial charge is 0.416 e. The molecule has 1 aliphatic rings. The van der Waals surface area contributed by atoms with Gasteiger partial charge in [0.15, 0.2) is 0 Å². The van der Waals surface area contributed by atoms with Gasteiger partial charge in [0.25, 0.3) is 5.91 Å². The predicted octanol–water partition coefficient (Wildman–Crippen LogP) is 3.70. The highest BCUT2D eigenvalue weighted by atomic mass is 19.4. The van der Waals surface area contributed by atoms with Crippen molar-refractivity contribution in [1.82, 2.24) is 10.2 Å². The average Bonchev–Trinajstić information content (AvgIpc) is 2.53. The number of amides is 1. The molecule has 1 amide bonds. The maximum atomic E-state index is 12.5. The van der Waals surface area contributed by atoms with E-state index in [1.807, 2.05) is 0 Å². The zero-order valence-corrected chi connectivity index (χ0v) is 13.5. The third kappa shape index (κ3) is 4.70. The molecule has 1 N–H and O–H groups in total. The van der Waals surface area contributed by atoms with E-state index in [0.29, 0.717) is 6.54 Å². The van der Waals surface area contributed by atoms with Crippen LogP contribution in [0.1, 0.15) is 49.0 Å². The number of rotatable bonds is 4. The molecule has 0 radical (unpaired) electrons. The van der Waals surface area contributed by atoms with Crippen LogP contribution in [0.15, 0.2) is 24.3 Å². The molecule has 0 atom stereocenters. The number of piperidine rings is 1. The third-order valence-electron chi connectivity index (χ3n) is 4.37. The van der Waals surface area contributed by atoms with Gasteiger partial charge in [-0.15, -0.1) is 0 Å². The molecule has 0 unspecified atom stereocenters. The van der Waals surface area contributed by atoms with Gasteiger partial charge in [0.1, 0.15) is 0 Å². The zero-order chi connectivity index (χ0) is 17.1. The number of nitrogens with zero attached hydrogens (tertiary/aromatic N) is 1. The summed E-state index contributed by atoms with van der Waals surface area (Å²) in [6.07, 6.45) is -0.817. The Bertz CT molecular complexity index is 532. The molecule has 0 aromatic heterocycles. The molecule has 2 rings (SSSR count). The van der Waals surface area contributed by atoms with Crippen LogP contribution in [-0.2, 0) is 6.18 Å². The van der Waals surface area contributed by atoms with Crippen molar-refractivity contribution in [2.24, 2.45) is 0 Å². The molecule has 3 nitrogen and oxygen atoms in total. The fourth-order valence-corrected chi connectivity index (χ4v) is 2.82. The lowest BCUT2D eigenvalue weighted by molar-refractivity contribution is -0.137. The van der Waals surface area contributed by atoms with Gasteiger partial charge in [-0.05, 0) is 64.0 Å². The summed E-state index contributed by atoms with van der Waals surface area (Å²) < 4.78 is 37.6. The van der Waals surface area contributed by atoms with Crippen molar-refractivity contribution in [3.05, 3.63) is 35.4 Å². The Balaban J connectivity index is 1.93. The van der Waals surface area contributed by atoms with Crippen LogP contribution in [0.5, 0.6) is 0 Å². The molecule has 1 heterocycles. The first-order valence-corrected chi connectivity index (χ1v) is 7.91. The SMILES string of the molecule is CC(C)(CNC(=O)c1ccc(C(F)(F)F)cc1)N1CCCCC1. The topological polar surface area (TPSA) is 32.3 Å². The minimum atomic E-state index is -4.38. The molecule has 1 aromatic rings. The van der Waals surface area contributed by atoms with E-state index in [-0.39, 0.29) is 17.0 Å². The van der Waals surface area contributed by atoms with E-state index in [1.165, 1.54) is 18.6 Å². The van der Waals surface area contributed by atoms with Crippen molar-refractivity contribution in [3.8, 4) is 0 Å². The number of hydrogen-bond acceptors (Lipinski definition) is 2. The van der Waals surface area contributed by atoms with E-state index in [4.69, 9.17) is 0 Å². The lowest BCUT2D eigenvalue weighted by atomic mass is 9.98. The van der Waals surface area contributed by atoms with Crippen LogP contribution in [0.4, 0.5) is 13.2 Å². The van der Waals surface area contributed by atoms with E-state index in [0.717, 1.165) is 38.1 Å². The van der Waals surface area contributed by atoms with Crippen molar-refractivity contribution < 1.29 is 18.0 Å². The summed E-state index contributed by atoms with van der Waals surface area (Å²) in [6.45, 7) is 6.65. The van der Waals surface area contributed by atoms with Crippen molar-refractivity contribution in [2.75, 3.05) is 19.6 Å². The van der Waals surface area contributed by atoms with Crippen molar-refractivity contribution in [1.29, 1.82) is 0 Å². The van der Waals surface area contributed by atoms with Gasteiger partial charge in [-0.3, -0.25) is 9.69 Å². The standard InChI is InChI=1S/C17H23F3N2O/c1-16(2,22-10-4-3-5-11-22)12-21-15(23)13-6-8-14(9-7-13)17(18,19)20/h6-9H,3-5,10-12H2,1-2H3,(H,21,23). The lowest BCUT2D eigenvalue weighted by Gasteiger charge is -2.41. The van der Waals surface area contributed by atoms with Gasteiger partial charge in [-0.25, -0.2) is 0 Å². The van der Waals surface area contributed by atoms with Crippen LogP contribution < -0.4 is 5.32 Å². The molecule has 0 spiro atoms. The van der Waals surface area contributed by atoms with Gasteiger partial charge >= 0.3 is 6.18 Å². The summed E-state index contributed by atoms with van der Waals surface area (Å²) >= 11 is 0. The molecule has 1 saturated heterocycles. The van der Waals surface area contributed by atoms with Crippen LogP contribution in [-0.4, -0.2) is 36.0 Å². The maximum Gasteiger partial charge on any atom is 0.416 e. The highest BCUT2D eigenvalue weighted by Crippen LogP contribution is 2.29. The van der Waals surface area contributed by atoms with Gasteiger partial charge in [0, 0.05) is 17.6 Å². The molecule has 1 aromatic carbocycles. The minimum Gasteiger partial charge on any atom is -0.350 e. The smallest absolute Gasteiger partial charge is 0.350 e. The highest BCUT2D eigenvalue weighted by Gasteiger charge is 2.31. The quantitative estimate of drug-likeness (QED) is 0.914. The molecular weight excluding hydrogens is 305 g/mol. The molecule has 1 fully saturated rings. The van der Waals surface area contributed by atoms with Crippen LogP contribution in [0.25, 0.3) is 0 Å². The monoisotopic (exact) mass is 328 g/mol. The van der Waals surface area contributed by atoms with Crippen molar-refractivity contribution in [2.45, 2.75) is 44.8 Å². The fourth-order valence-electron chi connectivity index (χ4n) is 2.82. The first-order valence-electron chi connectivity index (χ1n) is 7.91. The molecule has 128 valence electrons.